The minimum Gasteiger partial charge on any atom is -0.444 e. The Morgan fingerprint density at radius 2 is 1.88 bits per heavy atom. The van der Waals surface area contributed by atoms with Crippen LogP contribution < -0.4 is 0 Å². The van der Waals surface area contributed by atoms with Crippen molar-refractivity contribution in [3.63, 3.8) is 0 Å². The van der Waals surface area contributed by atoms with Crippen LogP contribution in [0.1, 0.15) is 71.9 Å². The van der Waals surface area contributed by atoms with Crippen molar-refractivity contribution in [2.75, 3.05) is 6.54 Å². The van der Waals surface area contributed by atoms with Crippen LogP contribution in [-0.2, 0) is 25.4 Å². The molecular formula is C27H41NO5. The summed E-state index contributed by atoms with van der Waals surface area (Å²) in [4.78, 5) is 25.7. The van der Waals surface area contributed by atoms with Gasteiger partial charge in [0.25, 0.3) is 0 Å². The second kappa shape index (κ2) is 10.1. The molecule has 0 radical (unpaired) electrons. The van der Waals surface area contributed by atoms with Gasteiger partial charge in [-0.15, -0.1) is 0 Å². The molecule has 6 nitrogen and oxygen atoms in total. The van der Waals surface area contributed by atoms with Crippen LogP contribution in [0.5, 0.6) is 0 Å². The van der Waals surface area contributed by atoms with Gasteiger partial charge in [-0.3, -0.25) is 4.90 Å². The Morgan fingerprint density at radius 3 is 2.48 bits per heavy atom. The monoisotopic (exact) mass is 459 g/mol. The molecule has 2 saturated heterocycles. The molecule has 0 unspecified atom stereocenters. The molecule has 2 aliphatic rings. The van der Waals surface area contributed by atoms with Gasteiger partial charge in [0.15, 0.2) is 0 Å². The van der Waals surface area contributed by atoms with Gasteiger partial charge in [0.2, 0.25) is 0 Å². The highest BCUT2D eigenvalue weighted by atomic mass is 16.6. The van der Waals surface area contributed by atoms with Gasteiger partial charge in [0.1, 0.15) is 17.6 Å². The van der Waals surface area contributed by atoms with Gasteiger partial charge in [0.05, 0.1) is 24.9 Å². The van der Waals surface area contributed by atoms with Crippen LogP contribution in [0.3, 0.4) is 0 Å². The molecule has 6 heteroatoms. The summed E-state index contributed by atoms with van der Waals surface area (Å²) in [5.41, 5.74) is 1.29. The SMILES string of the molecule is Cc1ccc(CC[C@@H]2[C@@H](C)[C@@H](C[C@H]3CN(C(=O)OC(C)(C)C)C(C)(C)O3)O[C@H]2CC=O)cc1. The normalized spacial score (nSPS) is 29.3. The van der Waals surface area contributed by atoms with E-state index in [9.17, 15) is 9.59 Å². The Kier molecular flexibility index (Phi) is 7.90. The standard InChI is InChI=1S/C27H41NO5/c1-18-8-10-20(11-9-18)12-13-22-19(2)24(31-23(22)14-15-29)16-21-17-28(27(6,7)32-21)25(30)33-26(3,4)5/h8-11,15,19,21-24H,12-14,16-17H2,1-7H3/t19-,21+,22-,23+,24-/m1/s1. The van der Waals surface area contributed by atoms with Crippen molar-refractivity contribution in [3.05, 3.63) is 35.4 Å². The number of ether oxygens (including phenoxy) is 3. The first-order valence-corrected chi connectivity index (χ1v) is 12.2. The molecule has 5 atom stereocenters. The lowest BCUT2D eigenvalue weighted by Gasteiger charge is -2.31. The van der Waals surface area contributed by atoms with Crippen LogP contribution in [0, 0.1) is 18.8 Å². The van der Waals surface area contributed by atoms with Gasteiger partial charge in [-0.25, -0.2) is 4.79 Å². The van der Waals surface area contributed by atoms with E-state index in [4.69, 9.17) is 14.2 Å². The first-order chi connectivity index (χ1) is 15.4. The topological polar surface area (TPSA) is 65.1 Å². The zero-order valence-electron chi connectivity index (χ0n) is 21.3. The number of rotatable bonds is 7. The minimum atomic E-state index is -0.734. The Hall–Kier alpha value is -1.92. The quantitative estimate of drug-likeness (QED) is 0.518. The molecule has 3 rings (SSSR count). The number of amides is 1. The zero-order chi connectivity index (χ0) is 24.4. The van der Waals surface area contributed by atoms with Crippen molar-refractivity contribution in [1.29, 1.82) is 0 Å². The van der Waals surface area contributed by atoms with Crippen molar-refractivity contribution in [1.82, 2.24) is 4.90 Å². The third-order valence-corrected chi connectivity index (χ3v) is 6.90. The molecule has 2 fully saturated rings. The summed E-state index contributed by atoms with van der Waals surface area (Å²) in [5.74, 6) is 0.626. The van der Waals surface area contributed by atoms with Gasteiger partial charge in [-0.05, 0) is 71.8 Å². The molecule has 0 aliphatic carbocycles. The Morgan fingerprint density at radius 1 is 1.21 bits per heavy atom. The predicted molar refractivity (Wildman–Crippen MR) is 128 cm³/mol. The van der Waals surface area contributed by atoms with E-state index in [-0.39, 0.29) is 24.4 Å². The lowest BCUT2D eigenvalue weighted by Crippen LogP contribution is -2.46. The summed E-state index contributed by atoms with van der Waals surface area (Å²) in [6.45, 7) is 14.2. The fourth-order valence-electron chi connectivity index (χ4n) is 5.12. The van der Waals surface area contributed by atoms with Crippen LogP contribution in [0.15, 0.2) is 24.3 Å². The molecule has 2 aliphatic heterocycles. The molecule has 0 spiro atoms. The lowest BCUT2D eigenvalue weighted by atomic mass is 9.82. The first-order valence-electron chi connectivity index (χ1n) is 12.2. The molecule has 2 heterocycles. The Bertz CT molecular complexity index is 813. The molecule has 33 heavy (non-hydrogen) atoms. The molecule has 1 amide bonds. The smallest absolute Gasteiger partial charge is 0.412 e. The maximum atomic E-state index is 12.7. The maximum absolute atomic E-state index is 12.7. The summed E-state index contributed by atoms with van der Waals surface area (Å²) in [6.07, 6.45) is 3.48. The van der Waals surface area contributed by atoms with E-state index in [0.29, 0.717) is 31.2 Å². The van der Waals surface area contributed by atoms with E-state index in [1.165, 1.54) is 11.1 Å². The molecule has 0 N–H and O–H groups in total. The van der Waals surface area contributed by atoms with Gasteiger partial charge < -0.3 is 19.0 Å². The summed E-state index contributed by atoms with van der Waals surface area (Å²) in [7, 11) is 0. The fourth-order valence-corrected chi connectivity index (χ4v) is 5.12. The highest BCUT2D eigenvalue weighted by Gasteiger charge is 2.47. The molecule has 184 valence electrons. The third kappa shape index (κ3) is 6.57. The lowest BCUT2D eigenvalue weighted by molar-refractivity contribution is -0.111. The average molecular weight is 460 g/mol. The number of benzene rings is 1. The van der Waals surface area contributed by atoms with Crippen LogP contribution in [-0.4, -0.2) is 53.5 Å². The highest BCUT2D eigenvalue weighted by Crippen LogP contribution is 2.41. The highest BCUT2D eigenvalue weighted by molar-refractivity contribution is 5.69. The molecule has 0 aromatic heterocycles. The number of hydrogen-bond donors (Lipinski definition) is 0. The van der Waals surface area contributed by atoms with Gasteiger partial charge in [-0.2, -0.15) is 0 Å². The van der Waals surface area contributed by atoms with Crippen LogP contribution in [0.25, 0.3) is 0 Å². The molecule has 1 aromatic carbocycles. The van der Waals surface area contributed by atoms with Gasteiger partial charge in [-0.1, -0.05) is 36.8 Å². The number of aldehydes is 1. The Labute approximate surface area is 199 Å². The van der Waals surface area contributed by atoms with Crippen molar-refractivity contribution in [3.8, 4) is 0 Å². The molecule has 0 saturated carbocycles. The van der Waals surface area contributed by atoms with E-state index in [1.807, 2.05) is 34.6 Å². The number of aryl methyl sites for hydroxylation is 2. The fraction of sp³-hybridized carbons (Fsp3) is 0.704. The summed E-state index contributed by atoms with van der Waals surface area (Å²) in [6, 6.07) is 8.65. The largest absolute Gasteiger partial charge is 0.444 e. The minimum absolute atomic E-state index is 0.00245. The van der Waals surface area contributed by atoms with Gasteiger partial charge >= 0.3 is 6.09 Å². The Balaban J connectivity index is 1.62. The van der Waals surface area contributed by atoms with E-state index >= 15 is 0 Å². The van der Waals surface area contributed by atoms with E-state index in [1.54, 1.807) is 4.90 Å². The molecule has 1 aromatic rings. The number of carbonyl (C=O) groups excluding carboxylic acids is 2. The molecular weight excluding hydrogens is 418 g/mol. The van der Waals surface area contributed by atoms with Crippen molar-refractivity contribution >= 4 is 12.4 Å². The summed E-state index contributed by atoms with van der Waals surface area (Å²) < 4.78 is 18.2. The maximum Gasteiger partial charge on any atom is 0.412 e. The third-order valence-electron chi connectivity index (χ3n) is 6.90. The molecule has 0 bridgehead atoms. The predicted octanol–water partition coefficient (Wildman–Crippen LogP) is 5.30. The van der Waals surface area contributed by atoms with E-state index in [0.717, 1.165) is 19.1 Å². The van der Waals surface area contributed by atoms with Crippen molar-refractivity contribution < 1.29 is 23.8 Å². The van der Waals surface area contributed by atoms with Crippen LogP contribution in [0.4, 0.5) is 4.79 Å². The average Bonchev–Trinajstić information content (AvgIpc) is 3.16. The number of hydrogen-bond acceptors (Lipinski definition) is 5. The van der Waals surface area contributed by atoms with E-state index < -0.39 is 11.3 Å². The second-order valence-electron chi connectivity index (χ2n) is 11.2. The van der Waals surface area contributed by atoms with Gasteiger partial charge in [0, 0.05) is 12.8 Å². The van der Waals surface area contributed by atoms with Crippen molar-refractivity contribution in [2.24, 2.45) is 11.8 Å². The van der Waals surface area contributed by atoms with Crippen LogP contribution >= 0.6 is 0 Å². The van der Waals surface area contributed by atoms with Crippen molar-refractivity contribution in [2.45, 2.75) is 104 Å². The zero-order valence-corrected chi connectivity index (χ0v) is 21.3. The first kappa shape index (κ1) is 25.7. The van der Waals surface area contributed by atoms with Crippen LogP contribution in [0.2, 0.25) is 0 Å². The summed E-state index contributed by atoms with van der Waals surface area (Å²) >= 11 is 0. The number of nitrogens with zero attached hydrogens (tertiary/aromatic N) is 1. The summed E-state index contributed by atoms with van der Waals surface area (Å²) in [5, 5.41) is 0. The second-order valence-corrected chi connectivity index (χ2v) is 11.2. The number of carbonyl (C=O) groups is 2. The van der Waals surface area contributed by atoms with E-state index in [2.05, 4.69) is 38.1 Å².